The van der Waals surface area contributed by atoms with Crippen molar-refractivity contribution in [3.05, 3.63) is 64.7 Å². The number of hydrogen-bond donors (Lipinski definition) is 1. The van der Waals surface area contributed by atoms with E-state index < -0.39 is 5.82 Å². The van der Waals surface area contributed by atoms with E-state index in [0.717, 1.165) is 5.56 Å². The van der Waals surface area contributed by atoms with Gasteiger partial charge in [0, 0.05) is 6.04 Å². The van der Waals surface area contributed by atoms with Gasteiger partial charge in [0.2, 0.25) is 0 Å². The van der Waals surface area contributed by atoms with Gasteiger partial charge in [0.15, 0.2) is 0 Å². The van der Waals surface area contributed by atoms with Gasteiger partial charge in [-0.05, 0) is 49.2 Å². The van der Waals surface area contributed by atoms with E-state index >= 15 is 0 Å². The van der Waals surface area contributed by atoms with Crippen LogP contribution in [0.2, 0.25) is 0 Å². The summed E-state index contributed by atoms with van der Waals surface area (Å²) in [6.45, 7) is 3.51. The lowest BCUT2D eigenvalue weighted by molar-refractivity contribution is 0.613. The second-order valence-corrected chi connectivity index (χ2v) is 4.68. The van der Waals surface area contributed by atoms with Crippen LogP contribution in [-0.4, -0.2) is 0 Å². The zero-order chi connectivity index (χ0) is 14.7. The average Bonchev–Trinajstić information content (AvgIpc) is 2.43. The Balaban J connectivity index is 2.21. The van der Waals surface area contributed by atoms with Crippen molar-refractivity contribution in [1.29, 1.82) is 5.26 Å². The molecule has 2 aromatic carbocycles. The maximum absolute atomic E-state index is 13.8. The number of nitriles is 1. The van der Waals surface area contributed by atoms with Crippen LogP contribution in [0.3, 0.4) is 0 Å². The van der Waals surface area contributed by atoms with Crippen molar-refractivity contribution in [2.45, 2.75) is 19.9 Å². The minimum atomic E-state index is -0.497. The van der Waals surface area contributed by atoms with Crippen LogP contribution in [-0.2, 0) is 0 Å². The fraction of sp³-hybridized carbons (Fsp3) is 0.188. The van der Waals surface area contributed by atoms with Gasteiger partial charge in [0.1, 0.15) is 11.6 Å². The van der Waals surface area contributed by atoms with Crippen molar-refractivity contribution in [2.24, 2.45) is 0 Å². The monoisotopic (exact) mass is 272 g/mol. The lowest BCUT2D eigenvalue weighted by atomic mass is 10.1. The molecule has 0 aliphatic rings. The second-order valence-electron chi connectivity index (χ2n) is 4.68. The van der Waals surface area contributed by atoms with Crippen LogP contribution < -0.4 is 5.32 Å². The van der Waals surface area contributed by atoms with Gasteiger partial charge in [-0.3, -0.25) is 0 Å². The molecule has 2 rings (SSSR count). The summed E-state index contributed by atoms with van der Waals surface area (Å²) in [7, 11) is 0. The molecular formula is C16H14F2N2. The Morgan fingerprint density at radius 1 is 1.10 bits per heavy atom. The largest absolute Gasteiger partial charge is 0.376 e. The van der Waals surface area contributed by atoms with E-state index in [-0.39, 0.29) is 23.1 Å². The van der Waals surface area contributed by atoms with E-state index in [1.54, 1.807) is 19.1 Å². The van der Waals surface area contributed by atoms with Gasteiger partial charge in [-0.25, -0.2) is 8.78 Å². The Morgan fingerprint density at radius 2 is 1.85 bits per heavy atom. The topological polar surface area (TPSA) is 35.8 Å². The van der Waals surface area contributed by atoms with Crippen molar-refractivity contribution in [2.75, 3.05) is 5.32 Å². The predicted molar refractivity (Wildman–Crippen MR) is 74.3 cm³/mol. The molecule has 2 aromatic rings. The van der Waals surface area contributed by atoms with E-state index in [0.29, 0.717) is 5.56 Å². The summed E-state index contributed by atoms with van der Waals surface area (Å²) in [6.07, 6.45) is 0. The van der Waals surface area contributed by atoms with Crippen molar-refractivity contribution in [3.63, 3.8) is 0 Å². The summed E-state index contributed by atoms with van der Waals surface area (Å²) >= 11 is 0. The van der Waals surface area contributed by atoms with Crippen LogP contribution in [0.4, 0.5) is 14.5 Å². The van der Waals surface area contributed by atoms with E-state index in [1.165, 1.54) is 24.3 Å². The second kappa shape index (κ2) is 5.70. The van der Waals surface area contributed by atoms with Gasteiger partial charge in [-0.1, -0.05) is 12.1 Å². The van der Waals surface area contributed by atoms with E-state index in [1.807, 2.05) is 13.0 Å². The molecule has 0 aliphatic heterocycles. The van der Waals surface area contributed by atoms with Crippen LogP contribution >= 0.6 is 0 Å². The number of anilines is 1. The smallest absolute Gasteiger partial charge is 0.147 e. The lowest BCUT2D eigenvalue weighted by Crippen LogP contribution is -2.08. The lowest BCUT2D eigenvalue weighted by Gasteiger charge is -2.17. The highest BCUT2D eigenvalue weighted by atomic mass is 19.1. The molecule has 4 heteroatoms. The number of benzene rings is 2. The van der Waals surface area contributed by atoms with E-state index in [4.69, 9.17) is 5.26 Å². The molecule has 102 valence electrons. The molecule has 0 amide bonds. The maximum Gasteiger partial charge on any atom is 0.147 e. The Kier molecular flexibility index (Phi) is 3.99. The first-order valence-electron chi connectivity index (χ1n) is 6.23. The molecule has 1 unspecified atom stereocenters. The Hall–Kier alpha value is -2.41. The molecule has 0 spiro atoms. The van der Waals surface area contributed by atoms with Gasteiger partial charge in [-0.15, -0.1) is 0 Å². The number of nitrogens with zero attached hydrogens (tertiary/aromatic N) is 1. The SMILES string of the molecule is Cc1ccc(C(C)Nc2ccc(C#N)cc2F)cc1F. The first-order valence-corrected chi connectivity index (χ1v) is 6.23. The summed E-state index contributed by atoms with van der Waals surface area (Å²) < 4.78 is 27.3. The summed E-state index contributed by atoms with van der Waals surface area (Å²) in [5, 5.41) is 11.7. The van der Waals surface area contributed by atoms with E-state index in [2.05, 4.69) is 5.32 Å². The van der Waals surface area contributed by atoms with Crippen LogP contribution in [0.1, 0.15) is 29.7 Å². The third-order valence-corrected chi connectivity index (χ3v) is 3.17. The predicted octanol–water partition coefficient (Wildman–Crippen LogP) is 4.32. The molecule has 0 aliphatic carbocycles. The highest BCUT2D eigenvalue weighted by Crippen LogP contribution is 2.23. The zero-order valence-electron chi connectivity index (χ0n) is 11.2. The highest BCUT2D eigenvalue weighted by molar-refractivity contribution is 5.50. The maximum atomic E-state index is 13.8. The summed E-state index contributed by atoms with van der Waals surface area (Å²) in [6, 6.07) is 10.8. The molecule has 1 N–H and O–H groups in total. The van der Waals surface area contributed by atoms with Crippen LogP contribution in [0.25, 0.3) is 0 Å². The minimum Gasteiger partial charge on any atom is -0.376 e. The van der Waals surface area contributed by atoms with Crippen molar-refractivity contribution in [1.82, 2.24) is 0 Å². The average molecular weight is 272 g/mol. The summed E-state index contributed by atoms with van der Waals surface area (Å²) in [5.74, 6) is -0.778. The standard InChI is InChI=1S/C16H14F2N2/c1-10-3-5-13(8-14(10)17)11(2)20-16-6-4-12(9-19)7-15(16)18/h3-8,11,20H,1-2H3. The normalized spacial score (nSPS) is 11.8. The van der Waals surface area contributed by atoms with Crippen molar-refractivity contribution in [3.8, 4) is 6.07 Å². The Morgan fingerprint density at radius 3 is 2.45 bits per heavy atom. The molecule has 0 bridgehead atoms. The number of rotatable bonds is 3. The van der Waals surface area contributed by atoms with Crippen molar-refractivity contribution < 1.29 is 8.78 Å². The molecule has 0 saturated carbocycles. The number of hydrogen-bond acceptors (Lipinski definition) is 2. The summed E-state index contributed by atoms with van der Waals surface area (Å²) in [5.41, 5.74) is 1.86. The molecule has 0 heterocycles. The molecule has 0 saturated heterocycles. The van der Waals surface area contributed by atoms with Gasteiger partial charge in [0.25, 0.3) is 0 Å². The number of aryl methyl sites for hydroxylation is 1. The third kappa shape index (κ3) is 2.94. The quantitative estimate of drug-likeness (QED) is 0.903. The molecule has 20 heavy (non-hydrogen) atoms. The van der Waals surface area contributed by atoms with E-state index in [9.17, 15) is 8.78 Å². The molecular weight excluding hydrogens is 258 g/mol. The van der Waals surface area contributed by atoms with Gasteiger partial charge < -0.3 is 5.32 Å². The third-order valence-electron chi connectivity index (χ3n) is 3.17. The fourth-order valence-corrected chi connectivity index (χ4v) is 1.90. The van der Waals surface area contributed by atoms with Crippen LogP contribution in [0, 0.1) is 29.9 Å². The Labute approximate surface area is 116 Å². The molecule has 0 fully saturated rings. The number of halogens is 2. The number of nitrogens with one attached hydrogen (secondary N) is 1. The summed E-state index contributed by atoms with van der Waals surface area (Å²) in [4.78, 5) is 0. The van der Waals surface area contributed by atoms with Crippen LogP contribution in [0.5, 0.6) is 0 Å². The first-order chi connectivity index (χ1) is 9.51. The zero-order valence-corrected chi connectivity index (χ0v) is 11.2. The minimum absolute atomic E-state index is 0.243. The van der Waals surface area contributed by atoms with Crippen LogP contribution in [0.15, 0.2) is 36.4 Å². The van der Waals surface area contributed by atoms with Gasteiger partial charge in [0.05, 0.1) is 17.3 Å². The first kappa shape index (κ1) is 14.0. The molecule has 1 atom stereocenters. The fourth-order valence-electron chi connectivity index (χ4n) is 1.90. The molecule has 2 nitrogen and oxygen atoms in total. The molecule has 0 radical (unpaired) electrons. The van der Waals surface area contributed by atoms with Crippen molar-refractivity contribution >= 4 is 5.69 Å². The van der Waals surface area contributed by atoms with Gasteiger partial charge >= 0.3 is 0 Å². The van der Waals surface area contributed by atoms with Gasteiger partial charge in [-0.2, -0.15) is 5.26 Å². The highest BCUT2D eigenvalue weighted by Gasteiger charge is 2.10. The molecule has 0 aromatic heterocycles. The Bertz CT molecular complexity index is 675.